The quantitative estimate of drug-likeness (QED) is 0.390. The van der Waals surface area contributed by atoms with Gasteiger partial charge in [0, 0.05) is 25.4 Å². The molecule has 10 heteroatoms. The summed E-state index contributed by atoms with van der Waals surface area (Å²) in [5, 5.41) is 9.52. The molecular weight excluding hydrogens is 491 g/mol. The van der Waals surface area contributed by atoms with Crippen molar-refractivity contribution >= 4 is 29.4 Å². The molecule has 0 aromatic heterocycles. The molecule has 1 aliphatic heterocycles. The summed E-state index contributed by atoms with van der Waals surface area (Å²) in [6.45, 7) is 3.27. The third-order valence-electron chi connectivity index (χ3n) is 5.99. The molecule has 36 heavy (non-hydrogen) atoms. The zero-order valence-corrected chi connectivity index (χ0v) is 21.1. The first-order chi connectivity index (χ1) is 17.2. The van der Waals surface area contributed by atoms with Crippen molar-refractivity contribution in [2.24, 2.45) is 0 Å². The fourth-order valence-electron chi connectivity index (χ4n) is 4.26. The number of ether oxygens (including phenoxy) is 2. The van der Waals surface area contributed by atoms with Crippen LogP contribution in [0.15, 0.2) is 36.4 Å². The average Bonchev–Trinajstić information content (AvgIpc) is 3.17. The van der Waals surface area contributed by atoms with Gasteiger partial charge in [-0.15, -0.1) is 0 Å². The molecular formula is C26H30ClFN2O6. The van der Waals surface area contributed by atoms with E-state index in [1.807, 2.05) is 17.9 Å². The van der Waals surface area contributed by atoms with Crippen molar-refractivity contribution in [3.63, 3.8) is 0 Å². The molecule has 194 valence electrons. The molecule has 2 aromatic rings. The van der Waals surface area contributed by atoms with Gasteiger partial charge in [-0.25, -0.2) is 4.39 Å². The van der Waals surface area contributed by atoms with Crippen LogP contribution in [-0.2, 0) is 20.9 Å². The van der Waals surface area contributed by atoms with Crippen LogP contribution in [0.5, 0.6) is 11.5 Å². The average molecular weight is 521 g/mol. The lowest BCUT2D eigenvalue weighted by Crippen LogP contribution is -2.33. The second-order valence-corrected chi connectivity index (χ2v) is 8.94. The molecule has 0 aliphatic carbocycles. The van der Waals surface area contributed by atoms with Gasteiger partial charge < -0.3 is 14.6 Å². The van der Waals surface area contributed by atoms with Crippen LogP contribution in [-0.4, -0.2) is 59.5 Å². The molecule has 0 radical (unpaired) electrons. The zero-order valence-electron chi connectivity index (χ0n) is 20.3. The smallest absolute Gasteiger partial charge is 0.305 e. The van der Waals surface area contributed by atoms with Crippen LogP contribution in [0.25, 0.3) is 0 Å². The number of carboxylic acids is 1. The number of halogens is 2. The Balaban J connectivity index is 1.76. The van der Waals surface area contributed by atoms with Gasteiger partial charge >= 0.3 is 5.97 Å². The molecule has 1 N–H and O–H groups in total. The maximum absolute atomic E-state index is 14.2. The van der Waals surface area contributed by atoms with Gasteiger partial charge in [0.1, 0.15) is 12.4 Å². The normalized spacial score (nSPS) is 14.4. The lowest BCUT2D eigenvalue weighted by atomic mass is 10.0. The minimum Gasteiger partial charge on any atom is -0.493 e. The van der Waals surface area contributed by atoms with Crippen molar-refractivity contribution in [2.75, 3.05) is 26.8 Å². The summed E-state index contributed by atoms with van der Waals surface area (Å²) in [4.78, 5) is 38.4. The molecule has 2 aromatic carbocycles. The van der Waals surface area contributed by atoms with Crippen molar-refractivity contribution in [2.45, 2.75) is 45.2 Å². The molecule has 1 fully saturated rings. The predicted octanol–water partition coefficient (Wildman–Crippen LogP) is 4.44. The fourth-order valence-corrected chi connectivity index (χ4v) is 4.38. The maximum atomic E-state index is 14.2. The molecule has 1 atom stereocenters. The first kappa shape index (κ1) is 27.4. The number of hydrogen-bond acceptors (Lipinski definition) is 6. The minimum absolute atomic E-state index is 0.0198. The molecule has 1 aliphatic rings. The number of rotatable bonds is 13. The standard InChI is InChI=1S/C26H30ClFN2O6/c1-3-10-29(21(15-26(33)34)18-5-6-19(27)20(28)14-18)16-17-4-7-22(23(13-17)35-2)36-12-11-30-24(31)8-9-25(30)32/h4-7,13-14,21H,3,8-12,15-16H2,1-2H3,(H,33,34). The monoisotopic (exact) mass is 520 g/mol. The maximum Gasteiger partial charge on any atom is 0.305 e. The summed E-state index contributed by atoms with van der Waals surface area (Å²) < 4.78 is 25.4. The number of carbonyl (C=O) groups is 3. The van der Waals surface area contributed by atoms with Gasteiger partial charge in [0.2, 0.25) is 11.8 Å². The van der Waals surface area contributed by atoms with Gasteiger partial charge in [0.25, 0.3) is 0 Å². The number of amides is 2. The van der Waals surface area contributed by atoms with Gasteiger partial charge in [0.15, 0.2) is 11.5 Å². The Labute approximate surface area is 214 Å². The highest BCUT2D eigenvalue weighted by molar-refractivity contribution is 6.30. The number of carbonyl (C=O) groups excluding carboxylic acids is 2. The van der Waals surface area contributed by atoms with Crippen molar-refractivity contribution in [1.29, 1.82) is 0 Å². The Morgan fingerprint density at radius 2 is 1.89 bits per heavy atom. The highest BCUT2D eigenvalue weighted by atomic mass is 35.5. The number of likely N-dealkylation sites (tertiary alicyclic amines) is 1. The molecule has 1 saturated heterocycles. The lowest BCUT2D eigenvalue weighted by molar-refractivity contribution is -0.140. The third kappa shape index (κ3) is 6.95. The van der Waals surface area contributed by atoms with Gasteiger partial charge in [0.05, 0.1) is 25.1 Å². The van der Waals surface area contributed by atoms with Crippen LogP contribution in [0.1, 0.15) is 49.8 Å². The van der Waals surface area contributed by atoms with E-state index in [-0.39, 0.29) is 49.3 Å². The van der Waals surface area contributed by atoms with E-state index in [0.717, 1.165) is 12.0 Å². The largest absolute Gasteiger partial charge is 0.493 e. The number of hydrogen-bond donors (Lipinski definition) is 1. The Morgan fingerprint density at radius 3 is 2.50 bits per heavy atom. The molecule has 1 heterocycles. The van der Waals surface area contributed by atoms with Crippen LogP contribution >= 0.6 is 11.6 Å². The molecule has 0 spiro atoms. The lowest BCUT2D eigenvalue weighted by Gasteiger charge is -2.31. The minimum atomic E-state index is -0.993. The second-order valence-electron chi connectivity index (χ2n) is 8.53. The van der Waals surface area contributed by atoms with Crippen molar-refractivity contribution in [3.05, 3.63) is 58.4 Å². The summed E-state index contributed by atoms with van der Waals surface area (Å²) in [6.07, 6.45) is 1.03. The first-order valence-corrected chi connectivity index (χ1v) is 12.1. The summed E-state index contributed by atoms with van der Waals surface area (Å²) in [7, 11) is 1.51. The van der Waals surface area contributed by atoms with E-state index in [9.17, 15) is 23.9 Å². The zero-order chi connectivity index (χ0) is 26.2. The van der Waals surface area contributed by atoms with Crippen LogP contribution < -0.4 is 9.47 Å². The predicted molar refractivity (Wildman–Crippen MR) is 132 cm³/mol. The Morgan fingerprint density at radius 1 is 1.17 bits per heavy atom. The van der Waals surface area contributed by atoms with E-state index in [1.54, 1.807) is 18.2 Å². The number of carboxylic acid groups (broad SMARTS) is 1. The summed E-state index contributed by atoms with van der Waals surface area (Å²) in [5.41, 5.74) is 1.38. The molecule has 0 bridgehead atoms. The van der Waals surface area contributed by atoms with E-state index < -0.39 is 17.8 Å². The van der Waals surface area contributed by atoms with E-state index in [2.05, 4.69) is 0 Å². The Hall–Kier alpha value is -3.17. The fraction of sp³-hybridized carbons (Fsp3) is 0.423. The van der Waals surface area contributed by atoms with Gasteiger partial charge in [-0.3, -0.25) is 24.2 Å². The van der Waals surface area contributed by atoms with Gasteiger partial charge in [-0.2, -0.15) is 0 Å². The Kier molecular flexibility index (Phi) is 9.66. The van der Waals surface area contributed by atoms with Crippen LogP contribution in [0, 0.1) is 5.82 Å². The summed E-state index contributed by atoms with van der Waals surface area (Å²) >= 11 is 5.83. The molecule has 3 rings (SSSR count). The van der Waals surface area contributed by atoms with E-state index in [0.29, 0.717) is 30.2 Å². The summed E-state index contributed by atoms with van der Waals surface area (Å²) in [5.74, 6) is -1.05. The number of benzene rings is 2. The van der Waals surface area contributed by atoms with E-state index in [4.69, 9.17) is 21.1 Å². The molecule has 0 saturated carbocycles. The van der Waals surface area contributed by atoms with Gasteiger partial charge in [-0.05, 0) is 48.4 Å². The highest BCUT2D eigenvalue weighted by Gasteiger charge is 2.28. The first-order valence-electron chi connectivity index (χ1n) is 11.8. The number of nitrogens with zero attached hydrogens (tertiary/aromatic N) is 2. The molecule has 2 amide bonds. The van der Waals surface area contributed by atoms with E-state index >= 15 is 0 Å². The van der Waals surface area contributed by atoms with Crippen LogP contribution in [0.3, 0.4) is 0 Å². The molecule has 8 nitrogen and oxygen atoms in total. The summed E-state index contributed by atoms with van der Waals surface area (Å²) in [6, 6.07) is 9.17. The molecule has 1 unspecified atom stereocenters. The number of methoxy groups -OCH3 is 1. The van der Waals surface area contributed by atoms with Crippen LogP contribution in [0.4, 0.5) is 4.39 Å². The third-order valence-corrected chi connectivity index (χ3v) is 6.30. The SMILES string of the molecule is CCCN(Cc1ccc(OCCN2C(=O)CCC2=O)c(OC)c1)C(CC(=O)O)c1ccc(Cl)c(F)c1. The highest BCUT2D eigenvalue weighted by Crippen LogP contribution is 2.32. The second kappa shape index (κ2) is 12.7. The van der Waals surface area contributed by atoms with Crippen molar-refractivity contribution in [1.82, 2.24) is 9.80 Å². The number of aliphatic carboxylic acids is 1. The van der Waals surface area contributed by atoms with Gasteiger partial charge in [-0.1, -0.05) is 30.7 Å². The Bertz CT molecular complexity index is 1100. The topological polar surface area (TPSA) is 96.4 Å². The van der Waals surface area contributed by atoms with Crippen molar-refractivity contribution in [3.8, 4) is 11.5 Å². The van der Waals surface area contributed by atoms with E-state index in [1.165, 1.54) is 24.1 Å². The number of imide groups is 1. The van der Waals surface area contributed by atoms with Crippen molar-refractivity contribution < 1.29 is 33.4 Å². The van der Waals surface area contributed by atoms with Crippen LogP contribution in [0.2, 0.25) is 5.02 Å².